The van der Waals surface area contributed by atoms with Crippen LogP contribution in [0.2, 0.25) is 0 Å². The molecular formula is C12H11NO4. The van der Waals surface area contributed by atoms with E-state index in [2.05, 4.69) is 0 Å². The highest BCUT2D eigenvalue weighted by atomic mass is 16.6. The van der Waals surface area contributed by atoms with Gasteiger partial charge in [-0.05, 0) is 30.7 Å². The number of hydrogen-bond donors (Lipinski definition) is 0. The van der Waals surface area contributed by atoms with E-state index in [1.807, 2.05) is 6.92 Å². The van der Waals surface area contributed by atoms with Gasteiger partial charge >= 0.3 is 5.97 Å². The molecule has 5 heteroatoms. The molecule has 0 aliphatic carbocycles. The van der Waals surface area contributed by atoms with E-state index in [0.717, 1.165) is 5.56 Å². The molecule has 1 saturated heterocycles. The summed E-state index contributed by atoms with van der Waals surface area (Å²) in [6, 6.07) is 6.05. The smallest absolute Gasteiger partial charge is 0.334 e. The third kappa shape index (κ3) is 2.50. The standard InChI is InChI=1S/C12H11NO4/c1-8-6-10(12(14)17-8)7-9-2-4-11(5-3-9)13(15)16/h2-5,7-8H,6H2,1H3/b10-7+/t8-/m0/s1. The average molecular weight is 233 g/mol. The maximum atomic E-state index is 11.4. The fourth-order valence-electron chi connectivity index (χ4n) is 1.70. The summed E-state index contributed by atoms with van der Waals surface area (Å²) in [6.45, 7) is 1.83. The highest BCUT2D eigenvalue weighted by Crippen LogP contribution is 2.23. The van der Waals surface area contributed by atoms with Crippen molar-refractivity contribution in [3.63, 3.8) is 0 Å². The summed E-state index contributed by atoms with van der Waals surface area (Å²) >= 11 is 0. The van der Waals surface area contributed by atoms with E-state index in [1.54, 1.807) is 18.2 Å². The van der Waals surface area contributed by atoms with Crippen LogP contribution in [0, 0.1) is 10.1 Å². The predicted octanol–water partition coefficient (Wildman–Crippen LogP) is 2.31. The number of nitrogens with zero attached hydrogens (tertiary/aromatic N) is 1. The number of non-ortho nitro benzene ring substituents is 1. The first-order valence-corrected chi connectivity index (χ1v) is 5.22. The number of esters is 1. The average Bonchev–Trinajstić information content (AvgIpc) is 2.58. The number of nitro benzene ring substituents is 1. The van der Waals surface area contributed by atoms with Crippen LogP contribution in [-0.2, 0) is 9.53 Å². The first-order chi connectivity index (χ1) is 8.06. The fraction of sp³-hybridized carbons (Fsp3) is 0.250. The summed E-state index contributed by atoms with van der Waals surface area (Å²) in [7, 11) is 0. The fourth-order valence-corrected chi connectivity index (χ4v) is 1.70. The summed E-state index contributed by atoms with van der Waals surface area (Å²) in [5.41, 5.74) is 1.40. The van der Waals surface area contributed by atoms with Crippen molar-refractivity contribution in [2.24, 2.45) is 0 Å². The van der Waals surface area contributed by atoms with Crippen LogP contribution in [0.1, 0.15) is 18.9 Å². The first kappa shape index (κ1) is 11.3. The number of hydrogen-bond acceptors (Lipinski definition) is 4. The van der Waals surface area contributed by atoms with Crippen LogP contribution in [0.3, 0.4) is 0 Å². The molecule has 1 fully saturated rings. The van der Waals surface area contributed by atoms with Gasteiger partial charge in [0.25, 0.3) is 5.69 Å². The predicted molar refractivity (Wildman–Crippen MR) is 61.2 cm³/mol. The van der Waals surface area contributed by atoms with Crippen LogP contribution in [0.15, 0.2) is 29.8 Å². The van der Waals surface area contributed by atoms with Crippen molar-refractivity contribution in [1.29, 1.82) is 0 Å². The van der Waals surface area contributed by atoms with Crippen molar-refractivity contribution < 1.29 is 14.5 Å². The van der Waals surface area contributed by atoms with E-state index in [4.69, 9.17) is 4.74 Å². The highest BCUT2D eigenvalue weighted by Gasteiger charge is 2.25. The van der Waals surface area contributed by atoms with E-state index in [9.17, 15) is 14.9 Å². The number of nitro groups is 1. The van der Waals surface area contributed by atoms with E-state index in [-0.39, 0.29) is 17.8 Å². The number of carbonyl (C=O) groups excluding carboxylic acids is 1. The Balaban J connectivity index is 2.21. The van der Waals surface area contributed by atoms with E-state index in [1.165, 1.54) is 12.1 Å². The zero-order chi connectivity index (χ0) is 12.4. The Morgan fingerprint density at radius 1 is 1.41 bits per heavy atom. The minimum atomic E-state index is -0.456. The number of ether oxygens (including phenoxy) is 1. The van der Waals surface area contributed by atoms with Gasteiger partial charge in [-0.15, -0.1) is 0 Å². The molecule has 1 aromatic carbocycles. The molecule has 0 saturated carbocycles. The zero-order valence-electron chi connectivity index (χ0n) is 9.25. The Kier molecular flexibility index (Phi) is 2.91. The lowest BCUT2D eigenvalue weighted by Crippen LogP contribution is -1.99. The lowest BCUT2D eigenvalue weighted by molar-refractivity contribution is -0.384. The van der Waals surface area contributed by atoms with Gasteiger partial charge in [-0.2, -0.15) is 0 Å². The van der Waals surface area contributed by atoms with Crippen LogP contribution in [-0.4, -0.2) is 17.0 Å². The van der Waals surface area contributed by atoms with Crippen molar-refractivity contribution in [1.82, 2.24) is 0 Å². The Hall–Kier alpha value is -2.17. The second kappa shape index (κ2) is 4.37. The summed E-state index contributed by atoms with van der Waals surface area (Å²) in [5, 5.41) is 10.5. The third-order valence-electron chi connectivity index (χ3n) is 2.52. The molecule has 0 unspecified atom stereocenters. The minimum Gasteiger partial charge on any atom is -0.459 e. The second-order valence-electron chi connectivity index (χ2n) is 3.94. The molecule has 17 heavy (non-hydrogen) atoms. The summed E-state index contributed by atoms with van der Waals surface area (Å²) in [4.78, 5) is 21.4. The van der Waals surface area contributed by atoms with Crippen LogP contribution in [0.4, 0.5) is 5.69 Å². The molecule has 0 N–H and O–H groups in total. The second-order valence-corrected chi connectivity index (χ2v) is 3.94. The van der Waals surface area contributed by atoms with Gasteiger partial charge in [0.2, 0.25) is 0 Å². The topological polar surface area (TPSA) is 69.4 Å². The van der Waals surface area contributed by atoms with Crippen molar-refractivity contribution in [2.45, 2.75) is 19.4 Å². The van der Waals surface area contributed by atoms with Crippen molar-refractivity contribution in [2.75, 3.05) is 0 Å². The Morgan fingerprint density at radius 2 is 2.06 bits per heavy atom. The van der Waals surface area contributed by atoms with E-state index in [0.29, 0.717) is 12.0 Å². The monoisotopic (exact) mass is 233 g/mol. The molecule has 0 bridgehead atoms. The number of rotatable bonds is 2. The van der Waals surface area contributed by atoms with Crippen molar-refractivity contribution in [3.05, 3.63) is 45.5 Å². The minimum absolute atomic E-state index is 0.0366. The van der Waals surface area contributed by atoms with Crippen molar-refractivity contribution >= 4 is 17.7 Å². The molecule has 2 rings (SSSR count). The Bertz CT molecular complexity index is 490. The lowest BCUT2D eigenvalue weighted by atomic mass is 10.1. The van der Waals surface area contributed by atoms with Gasteiger partial charge in [0.15, 0.2) is 0 Å². The van der Waals surface area contributed by atoms with Crippen LogP contribution < -0.4 is 0 Å². The highest BCUT2D eigenvalue weighted by molar-refractivity contribution is 5.95. The summed E-state index contributed by atoms with van der Waals surface area (Å²) in [5.74, 6) is -0.309. The molecule has 0 spiro atoms. The van der Waals surface area contributed by atoms with Gasteiger partial charge < -0.3 is 4.74 Å². The van der Waals surface area contributed by atoms with Gasteiger partial charge in [-0.25, -0.2) is 4.79 Å². The normalized spacial score (nSPS) is 21.6. The van der Waals surface area contributed by atoms with E-state index >= 15 is 0 Å². The van der Waals surface area contributed by atoms with Crippen molar-refractivity contribution in [3.8, 4) is 0 Å². The first-order valence-electron chi connectivity index (χ1n) is 5.22. The zero-order valence-corrected chi connectivity index (χ0v) is 9.25. The summed E-state index contributed by atoms with van der Waals surface area (Å²) in [6.07, 6.45) is 2.19. The molecule has 0 aromatic heterocycles. The Morgan fingerprint density at radius 3 is 2.53 bits per heavy atom. The van der Waals surface area contributed by atoms with Gasteiger partial charge in [0.1, 0.15) is 6.10 Å². The number of carbonyl (C=O) groups is 1. The molecule has 1 heterocycles. The number of cyclic esters (lactones) is 1. The molecule has 88 valence electrons. The quantitative estimate of drug-likeness (QED) is 0.340. The molecule has 0 radical (unpaired) electrons. The van der Waals surface area contributed by atoms with Gasteiger partial charge in [-0.3, -0.25) is 10.1 Å². The third-order valence-corrected chi connectivity index (χ3v) is 2.52. The number of benzene rings is 1. The van der Waals surface area contributed by atoms with Gasteiger partial charge in [0.05, 0.1) is 4.92 Å². The molecule has 1 aromatic rings. The molecular weight excluding hydrogens is 222 g/mol. The Labute approximate surface area is 97.9 Å². The maximum Gasteiger partial charge on any atom is 0.334 e. The molecule has 1 aliphatic rings. The van der Waals surface area contributed by atoms with Gasteiger partial charge in [-0.1, -0.05) is 0 Å². The summed E-state index contributed by atoms with van der Waals surface area (Å²) < 4.78 is 4.99. The maximum absolute atomic E-state index is 11.4. The van der Waals surface area contributed by atoms with Crippen LogP contribution in [0.5, 0.6) is 0 Å². The largest absolute Gasteiger partial charge is 0.459 e. The molecule has 1 atom stereocenters. The molecule has 0 amide bonds. The van der Waals surface area contributed by atoms with Gasteiger partial charge in [0, 0.05) is 24.1 Å². The molecule has 1 aliphatic heterocycles. The van der Waals surface area contributed by atoms with Crippen LogP contribution >= 0.6 is 0 Å². The van der Waals surface area contributed by atoms with Crippen LogP contribution in [0.25, 0.3) is 6.08 Å². The lowest BCUT2D eigenvalue weighted by Gasteiger charge is -1.95. The SMILES string of the molecule is C[C@H]1C/C(=C\c2ccc([N+](=O)[O-])cc2)C(=O)O1. The molecule has 5 nitrogen and oxygen atoms in total. The van der Waals surface area contributed by atoms with E-state index < -0.39 is 4.92 Å².